The lowest BCUT2D eigenvalue weighted by atomic mass is 10.0. The molecule has 3 saturated heterocycles. The first-order valence-corrected chi connectivity index (χ1v) is 9.09. The Balaban J connectivity index is 1.50. The maximum Gasteiger partial charge on any atom is 0.274 e. The van der Waals surface area contributed by atoms with E-state index in [-0.39, 0.29) is 23.9 Å². The number of fused-ring (bicyclic) bond motifs is 1. The fourth-order valence-electron chi connectivity index (χ4n) is 4.74. The fourth-order valence-corrected chi connectivity index (χ4v) is 4.74. The van der Waals surface area contributed by atoms with Crippen molar-refractivity contribution >= 4 is 17.5 Å². The predicted molar refractivity (Wildman–Crippen MR) is 91.2 cm³/mol. The fraction of sp³-hybridized carbons (Fsp3) is 0.556. The van der Waals surface area contributed by atoms with Crippen LogP contribution >= 0.6 is 0 Å². The normalized spacial score (nSPS) is 30.5. The van der Waals surface area contributed by atoms with Crippen LogP contribution in [0.4, 0.5) is 0 Å². The maximum absolute atomic E-state index is 13.2. The van der Waals surface area contributed by atoms with E-state index in [1.54, 1.807) is 27.9 Å². The van der Waals surface area contributed by atoms with Crippen molar-refractivity contribution in [2.75, 3.05) is 13.2 Å². The minimum atomic E-state index is -0.657. The van der Waals surface area contributed by atoms with Gasteiger partial charge in [-0.1, -0.05) is 13.8 Å². The Morgan fingerprint density at radius 1 is 1.42 bits per heavy atom. The standard InChI is InChI=1S/C18H21N5O3/c1-11(2)13-10-26-18-5-7-21(14(18)8-16(24)22(13)18)17(25)12-9-19-15-4-3-6-20-23(12)15/h3-4,6,9,11,13-14H,5,7-8,10H2,1-2H3/t13-,14+,18-/m0/s1. The van der Waals surface area contributed by atoms with Gasteiger partial charge in [0, 0.05) is 19.2 Å². The molecule has 0 saturated carbocycles. The van der Waals surface area contributed by atoms with Gasteiger partial charge in [-0.25, -0.2) is 9.50 Å². The minimum Gasteiger partial charge on any atom is -0.351 e. The lowest BCUT2D eigenvalue weighted by molar-refractivity contribution is -0.139. The van der Waals surface area contributed by atoms with Gasteiger partial charge in [-0.3, -0.25) is 9.59 Å². The monoisotopic (exact) mass is 355 g/mol. The summed E-state index contributed by atoms with van der Waals surface area (Å²) < 4.78 is 7.74. The Labute approximate surface area is 150 Å². The molecule has 3 fully saturated rings. The van der Waals surface area contributed by atoms with E-state index in [1.807, 2.05) is 11.0 Å². The SMILES string of the molecule is CC(C)[C@@H]1CO[C@@]23CCN(C(=O)c4cnc5cccnn45)[C@@H]2CC(=O)N13. The van der Waals surface area contributed by atoms with Gasteiger partial charge < -0.3 is 14.5 Å². The van der Waals surface area contributed by atoms with Crippen LogP contribution in [0.3, 0.4) is 0 Å². The van der Waals surface area contributed by atoms with Gasteiger partial charge in [-0.15, -0.1) is 0 Å². The number of hydrogen-bond donors (Lipinski definition) is 0. The number of carbonyl (C=O) groups excluding carboxylic acids is 2. The third-order valence-electron chi connectivity index (χ3n) is 6.02. The Hall–Kier alpha value is -2.48. The second-order valence-corrected chi connectivity index (χ2v) is 7.64. The van der Waals surface area contributed by atoms with E-state index in [9.17, 15) is 9.59 Å². The van der Waals surface area contributed by atoms with Crippen LogP contribution in [0.1, 0.15) is 37.2 Å². The molecule has 0 bridgehead atoms. The van der Waals surface area contributed by atoms with Crippen LogP contribution in [-0.2, 0) is 9.53 Å². The van der Waals surface area contributed by atoms with E-state index >= 15 is 0 Å². The third kappa shape index (κ3) is 1.87. The van der Waals surface area contributed by atoms with Gasteiger partial charge in [0.1, 0.15) is 0 Å². The van der Waals surface area contributed by atoms with Crippen LogP contribution < -0.4 is 0 Å². The van der Waals surface area contributed by atoms with Gasteiger partial charge in [0.2, 0.25) is 5.91 Å². The molecule has 3 aliphatic rings. The van der Waals surface area contributed by atoms with Gasteiger partial charge in [-0.05, 0) is 18.1 Å². The lowest BCUT2D eigenvalue weighted by Crippen LogP contribution is -2.51. The summed E-state index contributed by atoms with van der Waals surface area (Å²) >= 11 is 0. The minimum absolute atomic E-state index is 0.0833. The molecule has 136 valence electrons. The van der Waals surface area contributed by atoms with E-state index in [0.29, 0.717) is 43.3 Å². The summed E-state index contributed by atoms with van der Waals surface area (Å²) in [6, 6.07) is 3.43. The highest BCUT2D eigenvalue weighted by atomic mass is 16.5. The lowest BCUT2D eigenvalue weighted by Gasteiger charge is -2.34. The number of likely N-dealkylation sites (tertiary alicyclic amines) is 1. The van der Waals surface area contributed by atoms with Gasteiger partial charge >= 0.3 is 0 Å². The van der Waals surface area contributed by atoms with Crippen molar-refractivity contribution in [1.29, 1.82) is 0 Å². The van der Waals surface area contributed by atoms with Crippen molar-refractivity contribution in [2.45, 2.75) is 44.5 Å². The predicted octanol–water partition coefficient (Wildman–Crippen LogP) is 0.927. The molecule has 1 spiro atoms. The zero-order valence-corrected chi connectivity index (χ0v) is 14.8. The molecule has 2 aromatic rings. The average molecular weight is 355 g/mol. The Morgan fingerprint density at radius 3 is 3.08 bits per heavy atom. The molecular formula is C18H21N5O3. The number of carbonyl (C=O) groups is 2. The zero-order valence-electron chi connectivity index (χ0n) is 14.8. The topological polar surface area (TPSA) is 80.0 Å². The van der Waals surface area contributed by atoms with Crippen molar-refractivity contribution in [2.24, 2.45) is 5.92 Å². The van der Waals surface area contributed by atoms with E-state index in [4.69, 9.17) is 4.74 Å². The van der Waals surface area contributed by atoms with Crippen LogP contribution in [0.15, 0.2) is 24.5 Å². The molecule has 8 nitrogen and oxygen atoms in total. The van der Waals surface area contributed by atoms with E-state index in [0.717, 1.165) is 0 Å². The first-order chi connectivity index (χ1) is 12.5. The molecule has 0 N–H and O–H groups in total. The Kier molecular flexibility index (Phi) is 3.19. The zero-order chi connectivity index (χ0) is 18.1. The second-order valence-electron chi connectivity index (χ2n) is 7.64. The number of amides is 2. The Bertz CT molecular complexity index is 909. The summed E-state index contributed by atoms with van der Waals surface area (Å²) in [5.74, 6) is 0.258. The number of hydrogen-bond acceptors (Lipinski definition) is 5. The molecule has 0 aromatic carbocycles. The van der Waals surface area contributed by atoms with Crippen LogP contribution in [0.25, 0.3) is 5.65 Å². The van der Waals surface area contributed by atoms with Crippen LogP contribution in [0, 0.1) is 5.92 Å². The maximum atomic E-state index is 13.2. The quantitative estimate of drug-likeness (QED) is 0.801. The molecule has 5 rings (SSSR count). The first kappa shape index (κ1) is 15.7. The van der Waals surface area contributed by atoms with E-state index < -0.39 is 5.72 Å². The van der Waals surface area contributed by atoms with E-state index in [2.05, 4.69) is 23.9 Å². The molecule has 2 aromatic heterocycles. The van der Waals surface area contributed by atoms with Crippen molar-refractivity contribution in [3.63, 3.8) is 0 Å². The molecule has 0 aliphatic carbocycles. The van der Waals surface area contributed by atoms with Crippen molar-refractivity contribution in [3.05, 3.63) is 30.2 Å². The third-order valence-corrected chi connectivity index (χ3v) is 6.02. The molecule has 26 heavy (non-hydrogen) atoms. The summed E-state index contributed by atoms with van der Waals surface area (Å²) in [4.78, 5) is 33.9. The number of rotatable bonds is 2. The highest BCUT2D eigenvalue weighted by Crippen LogP contribution is 2.49. The highest BCUT2D eigenvalue weighted by Gasteiger charge is 2.65. The van der Waals surface area contributed by atoms with Crippen molar-refractivity contribution in [3.8, 4) is 0 Å². The first-order valence-electron chi connectivity index (χ1n) is 9.09. The van der Waals surface area contributed by atoms with Crippen LogP contribution in [0.5, 0.6) is 0 Å². The van der Waals surface area contributed by atoms with Crippen LogP contribution in [0.2, 0.25) is 0 Å². The molecule has 3 aliphatic heterocycles. The summed E-state index contributed by atoms with van der Waals surface area (Å²) in [5, 5.41) is 4.23. The summed E-state index contributed by atoms with van der Waals surface area (Å²) in [5.41, 5.74) is 0.392. The average Bonchev–Trinajstić information content (AvgIpc) is 3.34. The smallest absolute Gasteiger partial charge is 0.274 e. The van der Waals surface area contributed by atoms with Crippen molar-refractivity contribution < 1.29 is 14.3 Å². The Morgan fingerprint density at radius 2 is 2.27 bits per heavy atom. The largest absolute Gasteiger partial charge is 0.351 e. The van der Waals surface area contributed by atoms with Gasteiger partial charge in [0.25, 0.3) is 5.91 Å². The number of ether oxygens (including phenoxy) is 1. The number of imidazole rings is 1. The van der Waals surface area contributed by atoms with Crippen molar-refractivity contribution in [1.82, 2.24) is 24.4 Å². The summed E-state index contributed by atoms with van der Waals surface area (Å²) in [6.45, 7) is 5.32. The molecule has 5 heterocycles. The number of nitrogens with zero attached hydrogens (tertiary/aromatic N) is 5. The molecule has 0 unspecified atom stereocenters. The van der Waals surface area contributed by atoms with Gasteiger partial charge in [0.05, 0.1) is 31.3 Å². The highest BCUT2D eigenvalue weighted by molar-refractivity contribution is 5.95. The van der Waals surface area contributed by atoms with Gasteiger partial charge in [0.15, 0.2) is 17.1 Å². The molecule has 2 amide bonds. The molecular weight excluding hydrogens is 334 g/mol. The summed E-state index contributed by atoms with van der Waals surface area (Å²) in [6.07, 6.45) is 4.16. The second kappa shape index (κ2) is 5.26. The van der Waals surface area contributed by atoms with Gasteiger partial charge in [-0.2, -0.15) is 5.10 Å². The molecule has 0 radical (unpaired) electrons. The van der Waals surface area contributed by atoms with E-state index in [1.165, 1.54) is 0 Å². The molecule has 3 atom stereocenters. The number of aromatic nitrogens is 3. The van der Waals surface area contributed by atoms with Crippen LogP contribution in [-0.4, -0.2) is 67.2 Å². The summed E-state index contributed by atoms with van der Waals surface area (Å²) in [7, 11) is 0. The molecule has 8 heteroatoms.